The first kappa shape index (κ1) is 28.4. The van der Waals surface area contributed by atoms with E-state index >= 15 is 0 Å². The van der Waals surface area contributed by atoms with Crippen molar-refractivity contribution < 1.29 is 29.4 Å². The molecule has 0 aliphatic heterocycles. The smallest absolute Gasteiger partial charge is 0.328 e. The molecule has 4 unspecified atom stereocenters. The lowest BCUT2D eigenvalue weighted by Gasteiger charge is -2.25. The van der Waals surface area contributed by atoms with Crippen LogP contribution in [0.5, 0.6) is 0 Å². The van der Waals surface area contributed by atoms with E-state index in [4.69, 9.17) is 16.6 Å². The van der Waals surface area contributed by atoms with Gasteiger partial charge in [-0.3, -0.25) is 14.4 Å². The van der Waals surface area contributed by atoms with Crippen molar-refractivity contribution in [3.05, 3.63) is 36.4 Å². The molecule has 0 aromatic carbocycles. The molecular formula is C21H33N9O6. The van der Waals surface area contributed by atoms with Gasteiger partial charge in [0, 0.05) is 36.6 Å². The van der Waals surface area contributed by atoms with Crippen LogP contribution in [0, 0.1) is 0 Å². The van der Waals surface area contributed by atoms with Crippen LogP contribution in [-0.4, -0.2) is 91.2 Å². The molecule has 15 nitrogen and oxygen atoms in total. The molecule has 0 aliphatic carbocycles. The number of aliphatic carboxylic acids is 1. The molecule has 11 N–H and O–H groups in total. The summed E-state index contributed by atoms with van der Waals surface area (Å²) in [5, 5.41) is 25.8. The summed E-state index contributed by atoms with van der Waals surface area (Å²) in [6, 6.07) is -4.76. The summed E-state index contributed by atoms with van der Waals surface area (Å²) in [5.74, 6) is -3.50. The fourth-order valence-corrected chi connectivity index (χ4v) is 3.32. The summed E-state index contributed by atoms with van der Waals surface area (Å²) in [6.45, 7) is -0.442. The van der Waals surface area contributed by atoms with Crippen molar-refractivity contribution in [1.29, 1.82) is 0 Å². The molecular weight excluding hydrogens is 474 g/mol. The van der Waals surface area contributed by atoms with Crippen molar-refractivity contribution >= 4 is 23.7 Å². The Morgan fingerprint density at radius 3 is 1.94 bits per heavy atom. The third-order valence-corrected chi connectivity index (χ3v) is 5.32. The number of carboxylic acids is 1. The first-order valence-corrected chi connectivity index (χ1v) is 11.4. The minimum atomic E-state index is -1.56. The highest BCUT2D eigenvalue weighted by atomic mass is 16.4. The number of aromatic nitrogens is 4. The molecule has 0 aliphatic rings. The number of rotatable bonds is 16. The quantitative estimate of drug-likeness (QED) is 0.103. The first-order valence-electron chi connectivity index (χ1n) is 11.4. The van der Waals surface area contributed by atoms with Crippen LogP contribution >= 0.6 is 0 Å². The lowest BCUT2D eigenvalue weighted by molar-refractivity contribution is -0.143. The number of imidazole rings is 2. The molecule has 0 bridgehead atoms. The van der Waals surface area contributed by atoms with Gasteiger partial charge in [0.15, 0.2) is 0 Å². The summed E-state index contributed by atoms with van der Waals surface area (Å²) < 4.78 is 0. The fraction of sp³-hybridized carbons (Fsp3) is 0.524. The van der Waals surface area contributed by atoms with Crippen molar-refractivity contribution in [3.8, 4) is 0 Å². The van der Waals surface area contributed by atoms with E-state index in [1.54, 1.807) is 0 Å². The molecule has 198 valence electrons. The average molecular weight is 508 g/mol. The van der Waals surface area contributed by atoms with Gasteiger partial charge in [-0.2, -0.15) is 0 Å². The normalized spacial score (nSPS) is 14.3. The number of aliphatic hydroxyl groups excluding tert-OH is 1. The Labute approximate surface area is 206 Å². The Balaban J connectivity index is 2.13. The van der Waals surface area contributed by atoms with Crippen molar-refractivity contribution in [3.63, 3.8) is 0 Å². The molecule has 0 saturated carbocycles. The molecule has 2 heterocycles. The standard InChI is InChI=1S/C21H33N9O6/c22-4-2-1-3-15(28-18(32)14(23)5-12-7-24-10-26-12)19(33)29-16(6-13-8-25-11-27-13)20(34)30-17(9-31)21(35)36/h7-8,10-11,14-17,31H,1-6,9,22-23H2,(H,24,26)(H,25,27)(H,28,32)(H,29,33)(H,30,34)(H,35,36). The molecule has 2 rings (SSSR count). The van der Waals surface area contributed by atoms with Crippen LogP contribution in [-0.2, 0) is 32.0 Å². The number of nitrogens with two attached hydrogens (primary N) is 2. The van der Waals surface area contributed by atoms with Gasteiger partial charge in [-0.25, -0.2) is 14.8 Å². The summed E-state index contributed by atoms with van der Waals surface area (Å²) in [5.41, 5.74) is 12.7. The Kier molecular flexibility index (Phi) is 11.5. The average Bonchev–Trinajstić information content (AvgIpc) is 3.55. The fourth-order valence-electron chi connectivity index (χ4n) is 3.32. The molecule has 0 spiro atoms. The van der Waals surface area contributed by atoms with Crippen LogP contribution in [0.1, 0.15) is 30.7 Å². The van der Waals surface area contributed by atoms with Crippen LogP contribution in [0.25, 0.3) is 0 Å². The highest BCUT2D eigenvalue weighted by molar-refractivity contribution is 5.94. The maximum atomic E-state index is 13.2. The zero-order valence-electron chi connectivity index (χ0n) is 19.6. The van der Waals surface area contributed by atoms with Gasteiger partial charge >= 0.3 is 5.97 Å². The molecule has 0 fully saturated rings. The zero-order valence-corrected chi connectivity index (χ0v) is 19.6. The number of nitrogens with zero attached hydrogens (tertiary/aromatic N) is 2. The van der Waals surface area contributed by atoms with E-state index in [9.17, 15) is 24.3 Å². The highest BCUT2D eigenvalue weighted by Crippen LogP contribution is 2.06. The second-order valence-corrected chi connectivity index (χ2v) is 8.16. The number of H-pyrrole nitrogens is 2. The topological polar surface area (TPSA) is 254 Å². The van der Waals surface area contributed by atoms with E-state index in [0.29, 0.717) is 30.8 Å². The van der Waals surface area contributed by atoms with Crippen molar-refractivity contribution in [2.75, 3.05) is 13.2 Å². The second kappa shape index (κ2) is 14.6. The third kappa shape index (κ3) is 9.09. The van der Waals surface area contributed by atoms with Crippen LogP contribution < -0.4 is 27.4 Å². The van der Waals surface area contributed by atoms with E-state index in [1.807, 2.05) is 0 Å². The molecule has 2 aromatic rings. The van der Waals surface area contributed by atoms with E-state index in [-0.39, 0.29) is 19.3 Å². The van der Waals surface area contributed by atoms with E-state index in [2.05, 4.69) is 35.9 Å². The number of unbranched alkanes of at least 4 members (excludes halogenated alkanes) is 1. The molecule has 2 aromatic heterocycles. The van der Waals surface area contributed by atoms with Gasteiger partial charge in [0.1, 0.15) is 18.1 Å². The number of carboxylic acid groups (broad SMARTS) is 1. The Bertz CT molecular complexity index is 967. The SMILES string of the molecule is NCCCCC(NC(=O)C(N)Cc1cnc[nH]1)C(=O)NC(Cc1cnc[nH]1)C(=O)NC(CO)C(=O)O. The lowest BCUT2D eigenvalue weighted by atomic mass is 10.0. The minimum Gasteiger partial charge on any atom is -0.480 e. The van der Waals surface area contributed by atoms with Gasteiger partial charge in [0.25, 0.3) is 0 Å². The van der Waals surface area contributed by atoms with Gasteiger partial charge in [-0.05, 0) is 25.8 Å². The Morgan fingerprint density at radius 2 is 1.42 bits per heavy atom. The molecule has 4 atom stereocenters. The number of nitrogens with one attached hydrogen (secondary N) is 5. The predicted octanol–water partition coefficient (Wildman–Crippen LogP) is -3.09. The summed E-state index contributed by atoms with van der Waals surface area (Å²) >= 11 is 0. The van der Waals surface area contributed by atoms with Crippen molar-refractivity contribution in [2.45, 2.75) is 56.3 Å². The van der Waals surface area contributed by atoms with Crippen molar-refractivity contribution in [1.82, 2.24) is 35.9 Å². The maximum Gasteiger partial charge on any atom is 0.328 e. The first-order chi connectivity index (χ1) is 17.2. The number of carbonyl (C=O) groups is 4. The van der Waals surface area contributed by atoms with Crippen LogP contribution in [0.15, 0.2) is 25.0 Å². The number of amides is 3. The molecule has 0 radical (unpaired) electrons. The van der Waals surface area contributed by atoms with Crippen LogP contribution in [0.3, 0.4) is 0 Å². The monoisotopic (exact) mass is 507 g/mol. The number of hydrogen-bond acceptors (Lipinski definition) is 9. The van der Waals surface area contributed by atoms with Gasteiger partial charge in [-0.15, -0.1) is 0 Å². The van der Waals surface area contributed by atoms with E-state index < -0.39 is 54.5 Å². The number of aliphatic hydroxyl groups is 1. The van der Waals surface area contributed by atoms with E-state index in [1.165, 1.54) is 25.0 Å². The van der Waals surface area contributed by atoms with Gasteiger partial charge in [0.2, 0.25) is 17.7 Å². The van der Waals surface area contributed by atoms with Gasteiger partial charge in [-0.1, -0.05) is 0 Å². The third-order valence-electron chi connectivity index (χ3n) is 5.32. The number of hydrogen-bond donors (Lipinski definition) is 9. The van der Waals surface area contributed by atoms with Crippen molar-refractivity contribution in [2.24, 2.45) is 11.5 Å². The summed E-state index contributed by atoms with van der Waals surface area (Å²) in [6.07, 6.45) is 7.32. The summed E-state index contributed by atoms with van der Waals surface area (Å²) in [7, 11) is 0. The maximum absolute atomic E-state index is 13.2. The largest absolute Gasteiger partial charge is 0.480 e. The molecule has 3 amide bonds. The predicted molar refractivity (Wildman–Crippen MR) is 126 cm³/mol. The van der Waals surface area contributed by atoms with Gasteiger partial charge in [0.05, 0.1) is 25.3 Å². The minimum absolute atomic E-state index is 0.0435. The van der Waals surface area contributed by atoms with Crippen LogP contribution in [0.4, 0.5) is 0 Å². The van der Waals surface area contributed by atoms with E-state index in [0.717, 1.165) is 0 Å². The number of aromatic amines is 2. The van der Waals surface area contributed by atoms with Crippen LogP contribution in [0.2, 0.25) is 0 Å². The Morgan fingerprint density at radius 1 is 0.861 bits per heavy atom. The highest BCUT2D eigenvalue weighted by Gasteiger charge is 2.30. The summed E-state index contributed by atoms with van der Waals surface area (Å²) in [4.78, 5) is 63.3. The zero-order chi connectivity index (χ0) is 26.5. The molecule has 15 heteroatoms. The second-order valence-electron chi connectivity index (χ2n) is 8.16. The molecule has 0 saturated heterocycles. The number of carbonyl (C=O) groups excluding carboxylic acids is 3. The lowest BCUT2D eigenvalue weighted by Crippen LogP contribution is -2.58. The van der Waals surface area contributed by atoms with Gasteiger partial charge < -0.3 is 47.6 Å². The Hall–Kier alpha value is -3.82. The molecule has 36 heavy (non-hydrogen) atoms.